The Balaban J connectivity index is 1.97. The summed E-state index contributed by atoms with van der Waals surface area (Å²) in [6, 6.07) is 15.6. The Kier molecular flexibility index (Phi) is 6.39. The van der Waals surface area contributed by atoms with E-state index in [2.05, 4.69) is 0 Å². The van der Waals surface area contributed by atoms with Crippen molar-refractivity contribution in [2.45, 2.75) is 33.7 Å². The van der Waals surface area contributed by atoms with E-state index in [0.29, 0.717) is 28.3 Å². The van der Waals surface area contributed by atoms with Crippen LogP contribution in [0.15, 0.2) is 60.2 Å². The molecule has 0 saturated carbocycles. The summed E-state index contributed by atoms with van der Waals surface area (Å²) in [5.41, 5.74) is 5.44. The first-order valence-electron chi connectivity index (χ1n) is 11.4. The van der Waals surface area contributed by atoms with Crippen LogP contribution in [0.3, 0.4) is 0 Å². The molecule has 1 heterocycles. The number of nitrogens with zero attached hydrogens (tertiary/aromatic N) is 1. The van der Waals surface area contributed by atoms with Crippen molar-refractivity contribution in [3.05, 3.63) is 93.6 Å². The van der Waals surface area contributed by atoms with Crippen molar-refractivity contribution in [2.75, 3.05) is 19.1 Å². The SMILES string of the molecule is COc1ccc(C2/C(=C(\O)c3cc(C)c(OC)cc3C)C(=O)C(=O)N2c2ccc(C)c(C)c2)cc1. The van der Waals surface area contributed by atoms with Crippen LogP contribution in [0.5, 0.6) is 11.5 Å². The molecule has 0 radical (unpaired) electrons. The molecule has 3 aromatic rings. The summed E-state index contributed by atoms with van der Waals surface area (Å²) in [5.74, 6) is -0.286. The summed E-state index contributed by atoms with van der Waals surface area (Å²) >= 11 is 0. The molecule has 1 aliphatic rings. The van der Waals surface area contributed by atoms with Crippen LogP contribution in [-0.2, 0) is 9.59 Å². The van der Waals surface area contributed by atoms with Gasteiger partial charge in [0, 0.05) is 11.3 Å². The molecule has 0 aromatic heterocycles. The first kappa shape index (κ1) is 24.1. The predicted molar refractivity (Wildman–Crippen MR) is 136 cm³/mol. The van der Waals surface area contributed by atoms with Crippen molar-refractivity contribution in [3.8, 4) is 11.5 Å². The Morgan fingerprint density at radius 2 is 1.49 bits per heavy atom. The number of anilines is 1. The third kappa shape index (κ3) is 4.16. The molecule has 6 heteroatoms. The number of amides is 1. The normalized spacial score (nSPS) is 17.1. The number of carbonyl (C=O) groups is 2. The number of ether oxygens (including phenoxy) is 2. The van der Waals surface area contributed by atoms with Crippen LogP contribution in [0.25, 0.3) is 5.76 Å². The van der Waals surface area contributed by atoms with Gasteiger partial charge in [0.15, 0.2) is 0 Å². The third-order valence-electron chi connectivity index (χ3n) is 6.64. The van der Waals surface area contributed by atoms with Crippen LogP contribution in [-0.4, -0.2) is 31.0 Å². The van der Waals surface area contributed by atoms with Crippen LogP contribution < -0.4 is 14.4 Å². The number of hydrogen-bond donors (Lipinski definition) is 1. The molecular weight excluding hydrogens is 442 g/mol. The number of carbonyl (C=O) groups excluding carboxylic acids is 2. The number of aryl methyl sites for hydroxylation is 4. The van der Waals surface area contributed by atoms with Crippen LogP contribution in [0.1, 0.15) is 39.4 Å². The molecule has 4 rings (SSSR count). The lowest BCUT2D eigenvalue weighted by molar-refractivity contribution is -0.132. The van der Waals surface area contributed by atoms with Gasteiger partial charge in [0.25, 0.3) is 11.7 Å². The summed E-state index contributed by atoms with van der Waals surface area (Å²) in [5, 5.41) is 11.5. The highest BCUT2D eigenvalue weighted by Gasteiger charge is 2.47. The molecule has 180 valence electrons. The highest BCUT2D eigenvalue weighted by molar-refractivity contribution is 6.51. The minimum Gasteiger partial charge on any atom is -0.507 e. The van der Waals surface area contributed by atoms with Crippen molar-refractivity contribution in [2.24, 2.45) is 0 Å². The molecule has 0 spiro atoms. The van der Waals surface area contributed by atoms with E-state index in [9.17, 15) is 14.7 Å². The number of aliphatic hydroxyl groups excluding tert-OH is 1. The Morgan fingerprint density at radius 3 is 2.09 bits per heavy atom. The fourth-order valence-corrected chi connectivity index (χ4v) is 4.49. The van der Waals surface area contributed by atoms with Gasteiger partial charge in [-0.3, -0.25) is 14.5 Å². The van der Waals surface area contributed by atoms with Crippen LogP contribution in [0.2, 0.25) is 0 Å². The standard InChI is InChI=1S/C29H29NO5/c1-16-7-10-21(13-17(16)2)30-26(20-8-11-22(34-5)12-9-20)25(28(32)29(30)33)27(31)23-14-19(4)24(35-6)15-18(23)3/h7-15,26,31H,1-6H3/b27-25+. The minimum absolute atomic E-state index is 0.0473. The van der Waals surface area contributed by atoms with Crippen LogP contribution in [0.4, 0.5) is 5.69 Å². The zero-order valence-electron chi connectivity index (χ0n) is 20.8. The second-order valence-electron chi connectivity index (χ2n) is 8.85. The quantitative estimate of drug-likeness (QED) is 0.299. The summed E-state index contributed by atoms with van der Waals surface area (Å²) in [7, 11) is 3.16. The highest BCUT2D eigenvalue weighted by Crippen LogP contribution is 2.43. The molecule has 35 heavy (non-hydrogen) atoms. The molecule has 1 unspecified atom stereocenters. The predicted octanol–water partition coefficient (Wildman–Crippen LogP) is 5.56. The molecule has 1 aliphatic heterocycles. The van der Waals surface area contributed by atoms with E-state index >= 15 is 0 Å². The fourth-order valence-electron chi connectivity index (χ4n) is 4.49. The van der Waals surface area contributed by atoms with Gasteiger partial charge in [0.2, 0.25) is 0 Å². The smallest absolute Gasteiger partial charge is 0.300 e. The number of benzene rings is 3. The Hall–Kier alpha value is -4.06. The van der Waals surface area contributed by atoms with Crippen molar-refractivity contribution in [3.63, 3.8) is 0 Å². The molecule has 1 N–H and O–H groups in total. The summed E-state index contributed by atoms with van der Waals surface area (Å²) in [6.45, 7) is 7.65. The van der Waals surface area contributed by atoms with Gasteiger partial charge in [0.1, 0.15) is 17.3 Å². The molecule has 3 aromatic carbocycles. The maximum absolute atomic E-state index is 13.4. The molecule has 0 aliphatic carbocycles. The summed E-state index contributed by atoms with van der Waals surface area (Å²) < 4.78 is 10.7. The lowest BCUT2D eigenvalue weighted by Crippen LogP contribution is -2.29. The molecule has 1 fully saturated rings. The van der Waals surface area contributed by atoms with Gasteiger partial charge in [-0.2, -0.15) is 0 Å². The van der Waals surface area contributed by atoms with Gasteiger partial charge < -0.3 is 14.6 Å². The monoisotopic (exact) mass is 471 g/mol. The average molecular weight is 472 g/mol. The number of hydrogen-bond acceptors (Lipinski definition) is 5. The van der Waals surface area contributed by atoms with Crippen molar-refractivity contribution >= 4 is 23.1 Å². The molecule has 1 atom stereocenters. The summed E-state index contributed by atoms with van der Waals surface area (Å²) in [4.78, 5) is 28.3. The van der Waals surface area contributed by atoms with E-state index in [1.807, 2.05) is 64.1 Å². The van der Waals surface area contributed by atoms with E-state index in [1.165, 1.54) is 4.90 Å². The first-order valence-corrected chi connectivity index (χ1v) is 11.4. The lowest BCUT2D eigenvalue weighted by atomic mass is 9.93. The van der Waals surface area contributed by atoms with Crippen molar-refractivity contribution in [1.29, 1.82) is 0 Å². The molecular formula is C29H29NO5. The number of rotatable bonds is 5. The molecule has 6 nitrogen and oxygen atoms in total. The van der Waals surface area contributed by atoms with Gasteiger partial charge in [-0.15, -0.1) is 0 Å². The zero-order chi connectivity index (χ0) is 25.4. The van der Waals surface area contributed by atoms with Gasteiger partial charge >= 0.3 is 0 Å². The van der Waals surface area contributed by atoms with E-state index < -0.39 is 17.7 Å². The number of aliphatic hydroxyl groups is 1. The Morgan fingerprint density at radius 1 is 0.800 bits per heavy atom. The van der Waals surface area contributed by atoms with Gasteiger partial charge in [-0.25, -0.2) is 0 Å². The highest BCUT2D eigenvalue weighted by atomic mass is 16.5. The fraction of sp³-hybridized carbons (Fsp3) is 0.241. The van der Waals surface area contributed by atoms with E-state index in [1.54, 1.807) is 32.4 Å². The van der Waals surface area contributed by atoms with Crippen LogP contribution >= 0.6 is 0 Å². The minimum atomic E-state index is -0.801. The van der Waals surface area contributed by atoms with E-state index in [0.717, 1.165) is 22.3 Å². The maximum atomic E-state index is 13.4. The molecule has 0 bridgehead atoms. The first-order chi connectivity index (χ1) is 16.7. The summed E-state index contributed by atoms with van der Waals surface area (Å²) in [6.07, 6.45) is 0. The average Bonchev–Trinajstić information content (AvgIpc) is 3.12. The number of ketones is 1. The Labute approximate surface area is 205 Å². The number of methoxy groups -OCH3 is 2. The van der Waals surface area contributed by atoms with Crippen LogP contribution in [0, 0.1) is 27.7 Å². The third-order valence-corrected chi connectivity index (χ3v) is 6.64. The zero-order valence-corrected chi connectivity index (χ0v) is 20.8. The van der Waals surface area contributed by atoms with E-state index in [-0.39, 0.29) is 11.3 Å². The Bertz CT molecular complexity index is 1350. The van der Waals surface area contributed by atoms with Gasteiger partial charge in [-0.05, 0) is 91.9 Å². The second-order valence-corrected chi connectivity index (χ2v) is 8.85. The van der Waals surface area contributed by atoms with Crippen molar-refractivity contribution < 1.29 is 24.2 Å². The van der Waals surface area contributed by atoms with Gasteiger partial charge in [-0.1, -0.05) is 18.2 Å². The molecule has 1 amide bonds. The second kappa shape index (κ2) is 9.29. The van der Waals surface area contributed by atoms with E-state index in [4.69, 9.17) is 9.47 Å². The number of Topliss-reactive ketones (excluding diaryl/α,β-unsaturated/α-hetero) is 1. The van der Waals surface area contributed by atoms with Gasteiger partial charge in [0.05, 0.1) is 25.8 Å². The van der Waals surface area contributed by atoms with Crippen molar-refractivity contribution in [1.82, 2.24) is 0 Å². The largest absolute Gasteiger partial charge is 0.507 e. The maximum Gasteiger partial charge on any atom is 0.300 e. The topological polar surface area (TPSA) is 76.1 Å². The lowest BCUT2D eigenvalue weighted by Gasteiger charge is -2.26. The molecule has 1 saturated heterocycles.